The quantitative estimate of drug-likeness (QED) is 0.695. The summed E-state index contributed by atoms with van der Waals surface area (Å²) in [7, 11) is 0. The van der Waals surface area contributed by atoms with E-state index in [1.165, 1.54) is 0 Å². The number of nitrogens with zero attached hydrogens (tertiary/aromatic N) is 2. The number of benzene rings is 1. The Bertz CT molecular complexity index is 631. The van der Waals surface area contributed by atoms with Gasteiger partial charge in [0, 0.05) is 11.8 Å². The molecule has 0 bridgehead atoms. The maximum absolute atomic E-state index is 5.78. The molecule has 0 atom stereocenters. The first-order valence-electron chi connectivity index (χ1n) is 4.91. The van der Waals surface area contributed by atoms with Gasteiger partial charge in [-0.3, -0.25) is 0 Å². The van der Waals surface area contributed by atoms with E-state index in [0.717, 1.165) is 20.8 Å². The van der Waals surface area contributed by atoms with Crippen LogP contribution in [0.1, 0.15) is 0 Å². The van der Waals surface area contributed by atoms with Crippen LogP contribution in [0.25, 0.3) is 20.8 Å². The molecule has 0 spiro atoms. The summed E-state index contributed by atoms with van der Waals surface area (Å²) >= 11 is 1.63. The number of nitrogens with two attached hydrogens (primary N) is 1. The minimum atomic E-state index is 0.496. The smallest absolute Gasteiger partial charge is 0.150 e. The van der Waals surface area contributed by atoms with Crippen LogP contribution in [0.4, 0.5) is 5.82 Å². The second-order valence-electron chi connectivity index (χ2n) is 3.43. The Hall–Kier alpha value is -1.94. The van der Waals surface area contributed by atoms with E-state index in [9.17, 15) is 0 Å². The lowest BCUT2D eigenvalue weighted by molar-refractivity contribution is 1.34. The first-order valence-corrected chi connectivity index (χ1v) is 5.73. The van der Waals surface area contributed by atoms with Gasteiger partial charge in [-0.05, 0) is 6.07 Å². The number of hydrogen-bond donors (Lipinski definition) is 1. The fourth-order valence-corrected chi connectivity index (χ4v) is 2.55. The lowest BCUT2D eigenvalue weighted by Crippen LogP contribution is -1.89. The summed E-state index contributed by atoms with van der Waals surface area (Å²) in [5.74, 6) is 0.496. The Morgan fingerprint density at radius 2 is 1.88 bits per heavy atom. The number of anilines is 1. The predicted molar refractivity (Wildman–Crippen MR) is 67.3 cm³/mol. The Balaban J connectivity index is 2.23. The number of fused-ring (bicyclic) bond motifs is 1. The van der Waals surface area contributed by atoms with Crippen LogP contribution in [-0.2, 0) is 0 Å². The van der Waals surface area contributed by atoms with Crippen LogP contribution in [0.5, 0.6) is 0 Å². The van der Waals surface area contributed by atoms with Crippen LogP contribution in [0, 0.1) is 0 Å². The molecule has 2 N–H and O–H groups in total. The summed E-state index contributed by atoms with van der Waals surface area (Å²) in [4.78, 5) is 8.55. The molecule has 1 aromatic carbocycles. The third kappa shape index (κ3) is 1.44. The van der Waals surface area contributed by atoms with E-state index in [-0.39, 0.29) is 0 Å². The normalized spacial score (nSPS) is 10.8. The minimum Gasteiger partial charge on any atom is -0.382 e. The molecule has 78 valence electrons. The minimum absolute atomic E-state index is 0.496. The van der Waals surface area contributed by atoms with Crippen molar-refractivity contribution in [2.45, 2.75) is 0 Å². The Kier molecular flexibility index (Phi) is 2.08. The third-order valence-corrected chi connectivity index (χ3v) is 3.43. The van der Waals surface area contributed by atoms with Crippen molar-refractivity contribution >= 4 is 27.4 Å². The van der Waals surface area contributed by atoms with Crippen LogP contribution in [0.15, 0.2) is 42.6 Å². The molecule has 0 saturated heterocycles. The van der Waals surface area contributed by atoms with Crippen LogP contribution in [-0.4, -0.2) is 9.97 Å². The molecule has 0 unspecified atom stereocenters. The molecule has 2 heterocycles. The van der Waals surface area contributed by atoms with E-state index < -0.39 is 0 Å². The first-order chi connectivity index (χ1) is 7.84. The lowest BCUT2D eigenvalue weighted by atomic mass is 10.2. The average molecular weight is 227 g/mol. The largest absolute Gasteiger partial charge is 0.382 e. The van der Waals surface area contributed by atoms with E-state index in [2.05, 4.69) is 9.97 Å². The molecule has 3 aromatic rings. The zero-order chi connectivity index (χ0) is 11.0. The molecule has 0 amide bonds. The highest BCUT2D eigenvalue weighted by molar-refractivity contribution is 7.21. The molecule has 0 aliphatic rings. The van der Waals surface area contributed by atoms with Gasteiger partial charge in [0.2, 0.25) is 0 Å². The number of aromatic nitrogens is 2. The van der Waals surface area contributed by atoms with Crippen molar-refractivity contribution in [2.75, 3.05) is 5.73 Å². The second kappa shape index (κ2) is 3.57. The number of nitrogen functional groups attached to an aromatic ring is 1. The highest BCUT2D eigenvalue weighted by atomic mass is 32.1. The summed E-state index contributed by atoms with van der Waals surface area (Å²) in [6.45, 7) is 0. The molecular weight excluding hydrogens is 218 g/mol. The van der Waals surface area contributed by atoms with Gasteiger partial charge in [0.05, 0.1) is 4.70 Å². The molecule has 0 aliphatic carbocycles. The fraction of sp³-hybridized carbons (Fsp3) is 0. The molecule has 3 rings (SSSR count). The number of hydrogen-bond acceptors (Lipinski definition) is 4. The van der Waals surface area contributed by atoms with E-state index in [1.807, 2.05) is 36.4 Å². The van der Waals surface area contributed by atoms with Crippen LogP contribution in [0.3, 0.4) is 0 Å². The van der Waals surface area contributed by atoms with Crippen molar-refractivity contribution < 1.29 is 0 Å². The van der Waals surface area contributed by atoms with Gasteiger partial charge in [-0.15, -0.1) is 11.3 Å². The molecule has 0 radical (unpaired) electrons. The monoisotopic (exact) mass is 227 g/mol. The summed E-state index contributed by atoms with van der Waals surface area (Å²) in [6.07, 6.45) is 1.71. The van der Waals surface area contributed by atoms with Crippen molar-refractivity contribution in [2.24, 2.45) is 0 Å². The van der Waals surface area contributed by atoms with Crippen LogP contribution >= 0.6 is 11.3 Å². The second-order valence-corrected chi connectivity index (χ2v) is 4.46. The van der Waals surface area contributed by atoms with Gasteiger partial charge in [0.15, 0.2) is 5.82 Å². The maximum Gasteiger partial charge on any atom is 0.150 e. The van der Waals surface area contributed by atoms with Crippen molar-refractivity contribution in [1.29, 1.82) is 0 Å². The summed E-state index contributed by atoms with van der Waals surface area (Å²) in [5.41, 5.74) is 7.69. The molecule has 0 fully saturated rings. The van der Waals surface area contributed by atoms with Gasteiger partial charge in [-0.1, -0.05) is 30.3 Å². The lowest BCUT2D eigenvalue weighted by Gasteiger charge is -1.92. The molecule has 4 heteroatoms. The van der Waals surface area contributed by atoms with Gasteiger partial charge in [0.1, 0.15) is 10.5 Å². The zero-order valence-electron chi connectivity index (χ0n) is 8.42. The Morgan fingerprint density at radius 1 is 1.06 bits per heavy atom. The first kappa shape index (κ1) is 9.30. The van der Waals surface area contributed by atoms with Crippen molar-refractivity contribution in [3.63, 3.8) is 0 Å². The van der Waals surface area contributed by atoms with E-state index in [0.29, 0.717) is 5.82 Å². The van der Waals surface area contributed by atoms with E-state index >= 15 is 0 Å². The standard InChI is InChI=1S/C12H9N3S/c13-11-10-9(6-7-14-11)16-12(15-10)8-4-2-1-3-5-8/h1-7H,(H2,13,14). The number of pyridine rings is 1. The van der Waals surface area contributed by atoms with Crippen LogP contribution < -0.4 is 5.73 Å². The van der Waals surface area contributed by atoms with E-state index in [4.69, 9.17) is 5.73 Å². The topological polar surface area (TPSA) is 51.8 Å². The van der Waals surface area contributed by atoms with Gasteiger partial charge in [-0.25, -0.2) is 9.97 Å². The maximum atomic E-state index is 5.78. The van der Waals surface area contributed by atoms with Gasteiger partial charge in [-0.2, -0.15) is 0 Å². The molecule has 2 aromatic heterocycles. The van der Waals surface area contributed by atoms with Crippen molar-refractivity contribution in [3.8, 4) is 10.6 Å². The third-order valence-electron chi connectivity index (χ3n) is 2.36. The highest BCUT2D eigenvalue weighted by Gasteiger charge is 2.07. The SMILES string of the molecule is Nc1nccc2sc(-c3ccccc3)nc12. The molecule has 0 saturated carbocycles. The fourth-order valence-electron chi connectivity index (χ4n) is 1.58. The van der Waals surface area contributed by atoms with Gasteiger partial charge < -0.3 is 5.73 Å². The zero-order valence-corrected chi connectivity index (χ0v) is 9.24. The highest BCUT2D eigenvalue weighted by Crippen LogP contribution is 2.31. The van der Waals surface area contributed by atoms with Crippen LogP contribution in [0.2, 0.25) is 0 Å². The molecular formula is C12H9N3S. The average Bonchev–Trinajstić information content (AvgIpc) is 2.76. The van der Waals surface area contributed by atoms with Crippen molar-refractivity contribution in [1.82, 2.24) is 9.97 Å². The van der Waals surface area contributed by atoms with Gasteiger partial charge >= 0.3 is 0 Å². The number of rotatable bonds is 1. The van der Waals surface area contributed by atoms with Crippen molar-refractivity contribution in [3.05, 3.63) is 42.6 Å². The molecule has 16 heavy (non-hydrogen) atoms. The summed E-state index contributed by atoms with van der Waals surface area (Å²) in [6, 6.07) is 12.0. The molecule has 3 nitrogen and oxygen atoms in total. The summed E-state index contributed by atoms with van der Waals surface area (Å²) in [5, 5.41) is 0.982. The number of thiazole rings is 1. The Labute approximate surface area is 96.6 Å². The molecule has 0 aliphatic heterocycles. The predicted octanol–water partition coefficient (Wildman–Crippen LogP) is 2.94. The Morgan fingerprint density at radius 3 is 2.62 bits per heavy atom. The van der Waals surface area contributed by atoms with E-state index in [1.54, 1.807) is 17.5 Å². The summed E-state index contributed by atoms with van der Waals surface area (Å²) < 4.78 is 1.08. The van der Waals surface area contributed by atoms with Gasteiger partial charge in [0.25, 0.3) is 0 Å².